The smallest absolute Gasteiger partial charge is 0.338 e. The van der Waals surface area contributed by atoms with Gasteiger partial charge in [0.05, 0.1) is 22.4 Å². The van der Waals surface area contributed by atoms with Gasteiger partial charge < -0.3 is 10.1 Å². The fraction of sp³-hybridized carbons (Fsp3) is 0.238. The van der Waals surface area contributed by atoms with Crippen LogP contribution in [0.3, 0.4) is 0 Å². The third-order valence-electron chi connectivity index (χ3n) is 4.63. The molecular weight excluding hydrogens is 360 g/mol. The second-order valence-corrected chi connectivity index (χ2v) is 6.66. The van der Waals surface area contributed by atoms with Crippen molar-refractivity contribution in [3.8, 4) is 0 Å². The van der Waals surface area contributed by atoms with Crippen LogP contribution in [-0.4, -0.2) is 36.8 Å². The number of aryl methyl sites for hydroxylation is 2. The van der Waals surface area contributed by atoms with Crippen molar-refractivity contribution in [2.75, 3.05) is 11.9 Å². The Morgan fingerprint density at radius 2 is 1.68 bits per heavy atom. The third-order valence-corrected chi connectivity index (χ3v) is 4.63. The summed E-state index contributed by atoms with van der Waals surface area (Å²) >= 11 is 0. The first-order chi connectivity index (χ1) is 13.2. The molecule has 1 atom stereocenters. The first kappa shape index (κ1) is 19.3. The molecule has 0 spiro atoms. The number of fused-ring (bicyclic) bond motifs is 1. The highest BCUT2D eigenvalue weighted by Gasteiger charge is 2.38. The summed E-state index contributed by atoms with van der Waals surface area (Å²) in [5.41, 5.74) is 2.68. The van der Waals surface area contributed by atoms with Gasteiger partial charge in [-0.1, -0.05) is 12.1 Å². The van der Waals surface area contributed by atoms with E-state index in [0.29, 0.717) is 5.69 Å². The maximum atomic E-state index is 12.9. The summed E-state index contributed by atoms with van der Waals surface area (Å²) in [4.78, 5) is 50.7. The van der Waals surface area contributed by atoms with Crippen LogP contribution >= 0.6 is 0 Å². The average molecular weight is 380 g/mol. The number of ether oxygens (including phenoxy) is 1. The molecule has 28 heavy (non-hydrogen) atoms. The predicted octanol–water partition coefficient (Wildman–Crippen LogP) is 2.40. The number of amides is 3. The molecule has 1 aliphatic rings. The number of nitrogens with zero attached hydrogens (tertiary/aromatic N) is 1. The third kappa shape index (κ3) is 3.26. The van der Waals surface area contributed by atoms with Gasteiger partial charge in [0, 0.05) is 7.05 Å². The molecule has 1 aliphatic heterocycles. The van der Waals surface area contributed by atoms with E-state index in [1.165, 1.54) is 32.2 Å². The zero-order chi connectivity index (χ0) is 20.6. The highest BCUT2D eigenvalue weighted by molar-refractivity contribution is 6.35. The van der Waals surface area contributed by atoms with Gasteiger partial charge in [-0.25, -0.2) is 9.69 Å². The molecule has 1 N–H and O–H groups in total. The molecule has 2 aromatic rings. The molecule has 1 heterocycles. The van der Waals surface area contributed by atoms with Gasteiger partial charge in [0.2, 0.25) is 0 Å². The maximum absolute atomic E-state index is 12.9. The lowest BCUT2D eigenvalue weighted by Gasteiger charge is -2.17. The summed E-state index contributed by atoms with van der Waals surface area (Å²) in [5.74, 6) is -2.12. The SMILES string of the molecule is CNC(=O)[C@H](C)OC(=O)c1ccc2c(c1)C(=O)N(c1cc(C)ccc1C)C2=O. The molecule has 0 unspecified atom stereocenters. The Balaban J connectivity index is 1.93. The van der Waals surface area contributed by atoms with E-state index in [4.69, 9.17) is 4.74 Å². The number of carbonyl (C=O) groups is 4. The minimum absolute atomic E-state index is 0.0958. The van der Waals surface area contributed by atoms with Crippen LogP contribution in [0.2, 0.25) is 0 Å². The second kappa shape index (κ2) is 7.26. The van der Waals surface area contributed by atoms with Gasteiger partial charge in [-0.15, -0.1) is 0 Å². The van der Waals surface area contributed by atoms with Gasteiger partial charge in [0.25, 0.3) is 17.7 Å². The number of esters is 1. The lowest BCUT2D eigenvalue weighted by atomic mass is 10.1. The van der Waals surface area contributed by atoms with Gasteiger partial charge >= 0.3 is 5.97 Å². The number of likely N-dealkylation sites (N-methyl/N-ethyl adjacent to an activating group) is 1. The number of hydrogen-bond donors (Lipinski definition) is 1. The van der Waals surface area contributed by atoms with Crippen molar-refractivity contribution in [3.63, 3.8) is 0 Å². The van der Waals surface area contributed by atoms with Gasteiger partial charge in [-0.3, -0.25) is 14.4 Å². The first-order valence-electron chi connectivity index (χ1n) is 8.77. The zero-order valence-corrected chi connectivity index (χ0v) is 16.0. The van der Waals surface area contributed by atoms with E-state index in [1.54, 1.807) is 6.07 Å². The Morgan fingerprint density at radius 1 is 1.00 bits per heavy atom. The highest BCUT2D eigenvalue weighted by Crippen LogP contribution is 2.31. The summed E-state index contributed by atoms with van der Waals surface area (Å²) in [5, 5.41) is 2.39. The molecule has 2 aromatic carbocycles. The van der Waals surface area contributed by atoms with Crippen LogP contribution in [0.5, 0.6) is 0 Å². The van der Waals surface area contributed by atoms with Crippen LogP contribution in [0.4, 0.5) is 5.69 Å². The molecule has 0 saturated carbocycles. The van der Waals surface area contributed by atoms with Crippen molar-refractivity contribution in [3.05, 3.63) is 64.2 Å². The van der Waals surface area contributed by atoms with Crippen molar-refractivity contribution in [2.45, 2.75) is 26.9 Å². The van der Waals surface area contributed by atoms with Crippen molar-refractivity contribution in [1.82, 2.24) is 5.32 Å². The fourth-order valence-corrected chi connectivity index (χ4v) is 3.03. The summed E-state index contributed by atoms with van der Waals surface area (Å²) in [6.45, 7) is 5.14. The molecular formula is C21H20N2O5. The van der Waals surface area contributed by atoms with Gasteiger partial charge in [-0.05, 0) is 56.2 Å². The molecule has 3 rings (SSSR count). The number of rotatable bonds is 4. The van der Waals surface area contributed by atoms with E-state index in [1.807, 2.05) is 26.0 Å². The molecule has 0 bridgehead atoms. The number of anilines is 1. The van der Waals surface area contributed by atoms with Crippen molar-refractivity contribution >= 4 is 29.4 Å². The minimum atomic E-state index is -0.977. The molecule has 0 radical (unpaired) electrons. The van der Waals surface area contributed by atoms with E-state index in [2.05, 4.69) is 5.32 Å². The number of nitrogens with one attached hydrogen (secondary N) is 1. The van der Waals surface area contributed by atoms with Crippen molar-refractivity contribution < 1.29 is 23.9 Å². The molecule has 7 nitrogen and oxygen atoms in total. The quantitative estimate of drug-likeness (QED) is 0.649. The average Bonchev–Trinajstić information content (AvgIpc) is 2.93. The Hall–Kier alpha value is -3.48. The molecule has 0 aromatic heterocycles. The van der Waals surface area contributed by atoms with Gasteiger partial charge in [-0.2, -0.15) is 0 Å². The summed E-state index contributed by atoms with van der Waals surface area (Å²) in [6, 6.07) is 9.70. The zero-order valence-electron chi connectivity index (χ0n) is 16.0. The van der Waals surface area contributed by atoms with Crippen LogP contribution in [0, 0.1) is 13.8 Å². The summed E-state index contributed by atoms with van der Waals surface area (Å²) < 4.78 is 5.10. The minimum Gasteiger partial charge on any atom is -0.449 e. The number of carbonyl (C=O) groups excluding carboxylic acids is 4. The summed E-state index contributed by atoms with van der Waals surface area (Å²) in [6.07, 6.45) is -0.977. The normalized spacial score (nSPS) is 13.9. The standard InChI is InChI=1S/C21H20N2O5/c1-11-5-6-12(2)17(9-11)23-19(25)15-8-7-14(10-16(15)20(23)26)21(27)28-13(3)18(24)22-4/h5-10,13H,1-4H3,(H,22,24)/t13-/m0/s1. The Labute approximate surface area is 162 Å². The van der Waals surface area contributed by atoms with Crippen molar-refractivity contribution in [1.29, 1.82) is 0 Å². The maximum Gasteiger partial charge on any atom is 0.338 e. The fourth-order valence-electron chi connectivity index (χ4n) is 3.03. The Kier molecular flexibility index (Phi) is 5.00. The lowest BCUT2D eigenvalue weighted by molar-refractivity contribution is -0.128. The van der Waals surface area contributed by atoms with E-state index in [-0.39, 0.29) is 16.7 Å². The van der Waals surface area contributed by atoms with Gasteiger partial charge in [0.1, 0.15) is 0 Å². The van der Waals surface area contributed by atoms with Gasteiger partial charge in [0.15, 0.2) is 6.10 Å². The van der Waals surface area contributed by atoms with Crippen LogP contribution in [0.25, 0.3) is 0 Å². The Bertz CT molecular complexity index is 1010. The van der Waals surface area contributed by atoms with E-state index in [9.17, 15) is 19.2 Å². The molecule has 3 amide bonds. The number of imide groups is 1. The molecule has 7 heteroatoms. The number of benzene rings is 2. The van der Waals surface area contributed by atoms with E-state index < -0.39 is 29.8 Å². The number of hydrogen-bond acceptors (Lipinski definition) is 5. The monoisotopic (exact) mass is 380 g/mol. The van der Waals surface area contributed by atoms with Crippen LogP contribution in [0.15, 0.2) is 36.4 Å². The largest absolute Gasteiger partial charge is 0.449 e. The lowest BCUT2D eigenvalue weighted by Crippen LogP contribution is -2.33. The topological polar surface area (TPSA) is 92.8 Å². The van der Waals surface area contributed by atoms with Crippen LogP contribution < -0.4 is 10.2 Å². The Morgan fingerprint density at radius 3 is 2.36 bits per heavy atom. The highest BCUT2D eigenvalue weighted by atomic mass is 16.5. The van der Waals surface area contributed by atoms with Crippen LogP contribution in [-0.2, 0) is 9.53 Å². The first-order valence-corrected chi connectivity index (χ1v) is 8.77. The van der Waals surface area contributed by atoms with Crippen LogP contribution in [0.1, 0.15) is 49.1 Å². The molecule has 0 aliphatic carbocycles. The second-order valence-electron chi connectivity index (χ2n) is 6.66. The van der Waals surface area contributed by atoms with Crippen molar-refractivity contribution in [2.24, 2.45) is 0 Å². The summed E-state index contributed by atoms with van der Waals surface area (Å²) in [7, 11) is 1.44. The predicted molar refractivity (Wildman–Crippen MR) is 102 cm³/mol. The molecule has 0 fully saturated rings. The molecule has 144 valence electrons. The van der Waals surface area contributed by atoms with E-state index in [0.717, 1.165) is 16.0 Å². The van der Waals surface area contributed by atoms with E-state index >= 15 is 0 Å². The molecule has 0 saturated heterocycles.